The highest BCUT2D eigenvalue weighted by molar-refractivity contribution is 9.09. The molecule has 19 heavy (non-hydrogen) atoms. The van der Waals surface area contributed by atoms with Gasteiger partial charge in [0.05, 0.1) is 7.11 Å². The van der Waals surface area contributed by atoms with Gasteiger partial charge in [-0.3, -0.25) is 0 Å². The van der Waals surface area contributed by atoms with Crippen molar-refractivity contribution in [3.8, 4) is 5.75 Å². The number of alkyl halides is 1. The Hall–Kier alpha value is -1.28. The first-order valence-electron chi connectivity index (χ1n) is 6.59. The summed E-state index contributed by atoms with van der Waals surface area (Å²) in [5.74, 6) is 1.38. The van der Waals surface area contributed by atoms with Crippen LogP contribution in [0.25, 0.3) is 0 Å². The normalized spacial score (nSPS) is 13.8. The number of halogens is 1. The number of ether oxygens (including phenoxy) is 1. The minimum Gasteiger partial charge on any atom is -0.497 e. The zero-order valence-electron chi connectivity index (χ0n) is 11.3. The molecule has 0 aromatic heterocycles. The topological polar surface area (TPSA) is 9.23 Å². The third kappa shape index (κ3) is 3.38. The fourth-order valence-corrected chi connectivity index (χ4v) is 3.32. The molecule has 2 aromatic carbocycles. The van der Waals surface area contributed by atoms with Gasteiger partial charge in [0.25, 0.3) is 0 Å². The van der Waals surface area contributed by atoms with Crippen LogP contribution in [0.15, 0.2) is 54.6 Å². The van der Waals surface area contributed by atoms with E-state index in [2.05, 4.69) is 65.3 Å². The Balaban J connectivity index is 2.22. The second-order valence-electron chi connectivity index (χ2n) is 4.60. The average Bonchev–Trinajstić information content (AvgIpc) is 2.49. The maximum Gasteiger partial charge on any atom is 0.118 e. The Bertz CT molecular complexity index is 492. The van der Waals surface area contributed by atoms with Crippen molar-refractivity contribution >= 4 is 15.9 Å². The van der Waals surface area contributed by atoms with Crippen LogP contribution in [0.2, 0.25) is 0 Å². The summed E-state index contributed by atoms with van der Waals surface area (Å²) >= 11 is 3.86. The van der Waals surface area contributed by atoms with Gasteiger partial charge in [-0.15, -0.1) is 0 Å². The highest BCUT2D eigenvalue weighted by atomic mass is 79.9. The molecule has 0 spiro atoms. The van der Waals surface area contributed by atoms with Gasteiger partial charge in [0, 0.05) is 10.7 Å². The van der Waals surface area contributed by atoms with Gasteiger partial charge in [-0.05, 0) is 29.7 Å². The summed E-state index contributed by atoms with van der Waals surface area (Å²) in [4.78, 5) is 0.325. The number of hydrogen-bond acceptors (Lipinski definition) is 1. The monoisotopic (exact) mass is 318 g/mol. The first kappa shape index (κ1) is 14.1. The maximum absolute atomic E-state index is 5.21. The highest BCUT2D eigenvalue weighted by Gasteiger charge is 2.20. The van der Waals surface area contributed by atoms with Crippen molar-refractivity contribution in [2.45, 2.75) is 24.1 Å². The Labute approximate surface area is 123 Å². The molecule has 0 aliphatic rings. The predicted octanol–water partition coefficient (Wildman–Crippen LogP) is 5.33. The summed E-state index contributed by atoms with van der Waals surface area (Å²) in [6, 6.07) is 19.0. The van der Waals surface area contributed by atoms with Crippen LogP contribution in [0.5, 0.6) is 5.75 Å². The lowest BCUT2D eigenvalue weighted by atomic mass is 9.90. The zero-order valence-corrected chi connectivity index (χ0v) is 12.9. The molecular weight excluding hydrogens is 300 g/mol. The van der Waals surface area contributed by atoms with Crippen molar-refractivity contribution in [3.63, 3.8) is 0 Å². The molecule has 0 heterocycles. The Morgan fingerprint density at radius 1 is 0.947 bits per heavy atom. The van der Waals surface area contributed by atoms with Crippen LogP contribution in [0.3, 0.4) is 0 Å². The van der Waals surface area contributed by atoms with E-state index in [1.54, 1.807) is 7.11 Å². The van der Waals surface area contributed by atoms with Crippen molar-refractivity contribution in [1.82, 2.24) is 0 Å². The van der Waals surface area contributed by atoms with E-state index < -0.39 is 0 Å². The summed E-state index contributed by atoms with van der Waals surface area (Å²) in [6.45, 7) is 2.23. The van der Waals surface area contributed by atoms with Crippen LogP contribution in [0.4, 0.5) is 0 Å². The van der Waals surface area contributed by atoms with Crippen LogP contribution < -0.4 is 4.74 Å². The molecule has 0 fully saturated rings. The number of benzene rings is 2. The van der Waals surface area contributed by atoms with Gasteiger partial charge in [0.2, 0.25) is 0 Å². The molecule has 0 aliphatic heterocycles. The van der Waals surface area contributed by atoms with Gasteiger partial charge < -0.3 is 4.74 Å². The zero-order chi connectivity index (χ0) is 13.7. The second-order valence-corrected chi connectivity index (χ2v) is 5.59. The van der Waals surface area contributed by atoms with Crippen LogP contribution in [0.1, 0.15) is 35.2 Å². The van der Waals surface area contributed by atoms with E-state index in [4.69, 9.17) is 4.74 Å². The number of rotatable bonds is 5. The molecule has 0 bridgehead atoms. The summed E-state index contributed by atoms with van der Waals surface area (Å²) < 4.78 is 5.21. The summed E-state index contributed by atoms with van der Waals surface area (Å²) in [6.07, 6.45) is 1.10. The SMILES string of the molecule is CCC(c1ccccc1)C(Br)c1ccc(OC)cc1. The fourth-order valence-electron chi connectivity index (χ4n) is 2.33. The minimum atomic E-state index is 0.325. The fraction of sp³-hybridized carbons (Fsp3) is 0.294. The van der Waals surface area contributed by atoms with E-state index in [9.17, 15) is 0 Å². The molecular formula is C17H19BrO. The molecule has 0 radical (unpaired) electrons. The van der Waals surface area contributed by atoms with Gasteiger partial charge in [0.15, 0.2) is 0 Å². The van der Waals surface area contributed by atoms with E-state index in [1.165, 1.54) is 11.1 Å². The van der Waals surface area contributed by atoms with Gasteiger partial charge in [0.1, 0.15) is 5.75 Å². The Morgan fingerprint density at radius 3 is 2.11 bits per heavy atom. The molecule has 0 N–H and O–H groups in total. The minimum absolute atomic E-state index is 0.325. The van der Waals surface area contributed by atoms with E-state index in [0.717, 1.165) is 12.2 Å². The van der Waals surface area contributed by atoms with Crippen molar-refractivity contribution in [2.24, 2.45) is 0 Å². The standard InChI is InChI=1S/C17H19BrO/c1-3-16(13-7-5-4-6-8-13)17(18)14-9-11-15(19-2)12-10-14/h4-12,16-17H,3H2,1-2H3. The average molecular weight is 319 g/mol. The van der Waals surface area contributed by atoms with Gasteiger partial charge in [-0.25, -0.2) is 0 Å². The van der Waals surface area contributed by atoms with Gasteiger partial charge in [-0.1, -0.05) is 65.3 Å². The third-order valence-electron chi connectivity index (χ3n) is 3.46. The Kier molecular flexibility index (Phi) is 5.03. The van der Waals surface area contributed by atoms with Gasteiger partial charge >= 0.3 is 0 Å². The van der Waals surface area contributed by atoms with E-state index in [1.807, 2.05) is 12.1 Å². The molecule has 0 saturated carbocycles. The van der Waals surface area contributed by atoms with Crippen molar-refractivity contribution < 1.29 is 4.74 Å². The molecule has 2 unspecified atom stereocenters. The molecule has 1 nitrogen and oxygen atoms in total. The van der Waals surface area contributed by atoms with E-state index >= 15 is 0 Å². The molecule has 2 atom stereocenters. The smallest absolute Gasteiger partial charge is 0.118 e. The first-order chi connectivity index (χ1) is 9.26. The summed E-state index contributed by atoms with van der Waals surface area (Å²) in [7, 11) is 1.69. The number of methoxy groups -OCH3 is 1. The molecule has 100 valence electrons. The quantitative estimate of drug-likeness (QED) is 0.677. The molecule has 0 saturated heterocycles. The van der Waals surface area contributed by atoms with Gasteiger partial charge in [-0.2, -0.15) is 0 Å². The first-order valence-corrected chi connectivity index (χ1v) is 7.50. The van der Waals surface area contributed by atoms with Crippen LogP contribution in [0, 0.1) is 0 Å². The molecule has 2 aromatic rings. The lowest BCUT2D eigenvalue weighted by Gasteiger charge is -2.22. The lowest BCUT2D eigenvalue weighted by molar-refractivity contribution is 0.414. The van der Waals surface area contributed by atoms with E-state index in [-0.39, 0.29) is 0 Å². The molecule has 0 aliphatic carbocycles. The summed E-state index contributed by atoms with van der Waals surface area (Å²) in [5.41, 5.74) is 2.67. The third-order valence-corrected chi connectivity index (χ3v) is 4.62. The van der Waals surface area contributed by atoms with Crippen LogP contribution >= 0.6 is 15.9 Å². The molecule has 2 rings (SSSR count). The summed E-state index contributed by atoms with van der Waals surface area (Å²) in [5, 5.41) is 0. The second kappa shape index (κ2) is 6.76. The van der Waals surface area contributed by atoms with Crippen LogP contribution in [-0.2, 0) is 0 Å². The highest BCUT2D eigenvalue weighted by Crippen LogP contribution is 2.40. The number of hydrogen-bond donors (Lipinski definition) is 0. The largest absolute Gasteiger partial charge is 0.497 e. The van der Waals surface area contributed by atoms with Crippen molar-refractivity contribution in [3.05, 3.63) is 65.7 Å². The van der Waals surface area contributed by atoms with Crippen molar-refractivity contribution in [1.29, 1.82) is 0 Å². The van der Waals surface area contributed by atoms with E-state index in [0.29, 0.717) is 10.7 Å². The molecule has 2 heteroatoms. The maximum atomic E-state index is 5.21. The predicted molar refractivity (Wildman–Crippen MR) is 84.1 cm³/mol. The van der Waals surface area contributed by atoms with Crippen molar-refractivity contribution in [2.75, 3.05) is 7.11 Å². The lowest BCUT2D eigenvalue weighted by Crippen LogP contribution is -2.05. The molecule has 0 amide bonds. The van der Waals surface area contributed by atoms with Crippen LogP contribution in [-0.4, -0.2) is 7.11 Å². The Morgan fingerprint density at radius 2 is 1.58 bits per heavy atom.